The second-order valence-corrected chi connectivity index (χ2v) is 4.67. The zero-order valence-corrected chi connectivity index (χ0v) is 11.7. The molecule has 0 amide bonds. The number of aromatic nitrogens is 1. The van der Waals surface area contributed by atoms with Crippen LogP contribution in [0.4, 0.5) is 17.2 Å². The van der Waals surface area contributed by atoms with Crippen molar-refractivity contribution >= 4 is 23.2 Å². The highest BCUT2D eigenvalue weighted by Crippen LogP contribution is 2.26. The van der Waals surface area contributed by atoms with Gasteiger partial charge in [-0.25, -0.2) is 9.78 Å². The Morgan fingerprint density at radius 2 is 1.90 bits per heavy atom. The lowest BCUT2D eigenvalue weighted by atomic mass is 10.2. The number of carboxylic acid groups (broad SMARTS) is 1. The van der Waals surface area contributed by atoms with Crippen molar-refractivity contribution in [3.63, 3.8) is 0 Å². The average Bonchev–Trinajstić information content (AvgIpc) is 2.38. The number of pyridine rings is 1. The molecule has 1 aromatic heterocycles. The lowest BCUT2D eigenvalue weighted by Crippen LogP contribution is -2.11. The standard InChI is InChI=1S/C15H17N3O2/c1-10-11(15(19)20)8-9-14(16-10)17-12-6-4-5-7-13(12)18(2)3/h4-9H,1-3H3,(H,16,17)(H,19,20). The molecule has 104 valence electrons. The van der Waals surface area contributed by atoms with E-state index >= 15 is 0 Å². The van der Waals surface area contributed by atoms with Crippen LogP contribution in [0.3, 0.4) is 0 Å². The molecular weight excluding hydrogens is 254 g/mol. The van der Waals surface area contributed by atoms with E-state index in [2.05, 4.69) is 10.3 Å². The Kier molecular flexibility index (Phi) is 3.89. The van der Waals surface area contributed by atoms with Crippen LogP contribution in [0.2, 0.25) is 0 Å². The zero-order valence-electron chi connectivity index (χ0n) is 11.7. The van der Waals surface area contributed by atoms with Crippen LogP contribution in [-0.2, 0) is 0 Å². The SMILES string of the molecule is Cc1nc(Nc2ccccc2N(C)C)ccc1C(=O)O. The molecule has 2 rings (SSSR count). The molecule has 1 heterocycles. The minimum Gasteiger partial charge on any atom is -0.478 e. The lowest BCUT2D eigenvalue weighted by molar-refractivity contribution is 0.0695. The van der Waals surface area contributed by atoms with Gasteiger partial charge in [0.15, 0.2) is 0 Å². The Morgan fingerprint density at radius 3 is 2.50 bits per heavy atom. The van der Waals surface area contributed by atoms with E-state index in [4.69, 9.17) is 5.11 Å². The van der Waals surface area contributed by atoms with Crippen molar-refractivity contribution in [3.05, 3.63) is 47.7 Å². The second kappa shape index (κ2) is 5.61. The van der Waals surface area contributed by atoms with E-state index in [1.165, 1.54) is 0 Å². The Labute approximate surface area is 117 Å². The molecule has 0 bridgehead atoms. The molecule has 5 nitrogen and oxygen atoms in total. The van der Waals surface area contributed by atoms with Gasteiger partial charge in [0.2, 0.25) is 0 Å². The normalized spacial score (nSPS) is 10.2. The minimum absolute atomic E-state index is 0.219. The Morgan fingerprint density at radius 1 is 1.20 bits per heavy atom. The van der Waals surface area contributed by atoms with Crippen LogP contribution in [0, 0.1) is 6.92 Å². The molecule has 0 radical (unpaired) electrons. The van der Waals surface area contributed by atoms with Crippen molar-refractivity contribution in [2.45, 2.75) is 6.92 Å². The van der Waals surface area contributed by atoms with Gasteiger partial charge in [-0.3, -0.25) is 0 Å². The number of anilines is 3. The summed E-state index contributed by atoms with van der Waals surface area (Å²) in [6.07, 6.45) is 0. The molecule has 0 aliphatic rings. The van der Waals surface area contributed by atoms with Crippen LogP contribution < -0.4 is 10.2 Å². The monoisotopic (exact) mass is 271 g/mol. The Balaban J connectivity index is 2.31. The summed E-state index contributed by atoms with van der Waals surface area (Å²) in [5.41, 5.74) is 2.67. The summed E-state index contributed by atoms with van der Waals surface area (Å²) in [5, 5.41) is 12.2. The van der Waals surface area contributed by atoms with E-state index in [1.807, 2.05) is 43.3 Å². The first-order chi connectivity index (χ1) is 9.49. The lowest BCUT2D eigenvalue weighted by Gasteiger charge is -2.18. The van der Waals surface area contributed by atoms with E-state index in [0.29, 0.717) is 11.5 Å². The molecular formula is C15H17N3O2. The summed E-state index contributed by atoms with van der Waals surface area (Å²) >= 11 is 0. The first-order valence-electron chi connectivity index (χ1n) is 6.23. The maximum absolute atomic E-state index is 11.0. The van der Waals surface area contributed by atoms with Crippen LogP contribution >= 0.6 is 0 Å². The van der Waals surface area contributed by atoms with Gasteiger partial charge in [-0.2, -0.15) is 0 Å². The number of carboxylic acids is 1. The highest BCUT2D eigenvalue weighted by molar-refractivity contribution is 5.89. The van der Waals surface area contributed by atoms with Gasteiger partial charge >= 0.3 is 5.97 Å². The highest BCUT2D eigenvalue weighted by Gasteiger charge is 2.10. The number of rotatable bonds is 4. The Bertz CT molecular complexity index is 639. The van der Waals surface area contributed by atoms with Crippen molar-refractivity contribution < 1.29 is 9.90 Å². The zero-order chi connectivity index (χ0) is 14.7. The van der Waals surface area contributed by atoms with E-state index in [9.17, 15) is 4.79 Å². The molecule has 1 aromatic carbocycles. The third-order valence-electron chi connectivity index (χ3n) is 2.96. The number of carbonyl (C=O) groups is 1. The van der Waals surface area contributed by atoms with Crippen molar-refractivity contribution in [1.82, 2.24) is 4.98 Å². The first kappa shape index (κ1) is 13.9. The number of para-hydroxylation sites is 2. The largest absolute Gasteiger partial charge is 0.478 e. The number of hydrogen-bond acceptors (Lipinski definition) is 4. The fourth-order valence-electron chi connectivity index (χ4n) is 1.96. The van der Waals surface area contributed by atoms with Crippen molar-refractivity contribution in [3.8, 4) is 0 Å². The molecule has 2 aromatic rings. The van der Waals surface area contributed by atoms with Crippen LogP contribution in [0.25, 0.3) is 0 Å². The van der Waals surface area contributed by atoms with Gasteiger partial charge < -0.3 is 15.3 Å². The number of nitrogens with one attached hydrogen (secondary N) is 1. The predicted octanol–water partition coefficient (Wildman–Crippen LogP) is 2.90. The maximum atomic E-state index is 11.0. The van der Waals surface area contributed by atoms with Gasteiger partial charge in [-0.15, -0.1) is 0 Å². The number of hydrogen-bond donors (Lipinski definition) is 2. The van der Waals surface area contributed by atoms with Crippen molar-refractivity contribution in [2.24, 2.45) is 0 Å². The third kappa shape index (κ3) is 2.88. The molecule has 0 aliphatic carbocycles. The first-order valence-corrected chi connectivity index (χ1v) is 6.23. The second-order valence-electron chi connectivity index (χ2n) is 4.67. The Hall–Kier alpha value is -2.56. The van der Waals surface area contributed by atoms with Crippen molar-refractivity contribution in [2.75, 3.05) is 24.3 Å². The molecule has 5 heteroatoms. The van der Waals surface area contributed by atoms with Crippen LogP contribution in [0.15, 0.2) is 36.4 Å². The molecule has 0 saturated carbocycles. The van der Waals surface area contributed by atoms with Crippen molar-refractivity contribution in [1.29, 1.82) is 0 Å². The van der Waals surface area contributed by atoms with E-state index < -0.39 is 5.97 Å². The van der Waals surface area contributed by atoms with Crippen LogP contribution in [0.1, 0.15) is 16.1 Å². The fourth-order valence-corrected chi connectivity index (χ4v) is 1.96. The number of nitrogens with zero attached hydrogens (tertiary/aromatic N) is 2. The topological polar surface area (TPSA) is 65.5 Å². The molecule has 2 N–H and O–H groups in total. The van der Waals surface area contributed by atoms with Gasteiger partial charge in [0.25, 0.3) is 0 Å². The quantitative estimate of drug-likeness (QED) is 0.895. The summed E-state index contributed by atoms with van der Waals surface area (Å²) in [6, 6.07) is 11.1. The summed E-state index contributed by atoms with van der Waals surface area (Å²) in [7, 11) is 3.93. The minimum atomic E-state index is -0.963. The summed E-state index contributed by atoms with van der Waals surface area (Å²) in [5.74, 6) is -0.336. The van der Waals surface area contributed by atoms with Gasteiger partial charge in [-0.1, -0.05) is 12.1 Å². The molecule has 0 saturated heterocycles. The highest BCUT2D eigenvalue weighted by atomic mass is 16.4. The molecule has 0 aliphatic heterocycles. The van der Waals surface area contributed by atoms with Crippen LogP contribution in [0.5, 0.6) is 0 Å². The van der Waals surface area contributed by atoms with E-state index in [1.54, 1.807) is 19.1 Å². The number of benzene rings is 1. The molecule has 0 fully saturated rings. The summed E-state index contributed by atoms with van der Waals surface area (Å²) in [6.45, 7) is 1.69. The van der Waals surface area contributed by atoms with Gasteiger partial charge in [0.1, 0.15) is 5.82 Å². The van der Waals surface area contributed by atoms with Gasteiger partial charge in [0.05, 0.1) is 22.6 Å². The molecule has 0 atom stereocenters. The van der Waals surface area contributed by atoms with E-state index in [0.717, 1.165) is 11.4 Å². The number of aryl methyl sites for hydroxylation is 1. The average molecular weight is 271 g/mol. The van der Waals surface area contributed by atoms with E-state index in [-0.39, 0.29) is 5.56 Å². The summed E-state index contributed by atoms with van der Waals surface area (Å²) in [4.78, 5) is 17.2. The molecule has 20 heavy (non-hydrogen) atoms. The number of aromatic carboxylic acids is 1. The fraction of sp³-hybridized carbons (Fsp3) is 0.200. The molecule has 0 spiro atoms. The smallest absolute Gasteiger partial charge is 0.337 e. The van der Waals surface area contributed by atoms with Crippen LogP contribution in [-0.4, -0.2) is 30.2 Å². The summed E-state index contributed by atoms with van der Waals surface area (Å²) < 4.78 is 0. The van der Waals surface area contributed by atoms with Gasteiger partial charge in [-0.05, 0) is 31.2 Å². The molecule has 0 unspecified atom stereocenters. The third-order valence-corrected chi connectivity index (χ3v) is 2.96. The predicted molar refractivity (Wildman–Crippen MR) is 80.0 cm³/mol. The van der Waals surface area contributed by atoms with Gasteiger partial charge in [0, 0.05) is 14.1 Å². The maximum Gasteiger partial charge on any atom is 0.337 e.